The normalized spacial score (nSPS) is 11.1. The van der Waals surface area contributed by atoms with Gasteiger partial charge in [-0.05, 0) is 54.8 Å². The van der Waals surface area contributed by atoms with E-state index < -0.39 is 0 Å². The Morgan fingerprint density at radius 2 is 1.77 bits per heavy atom. The van der Waals surface area contributed by atoms with E-state index >= 15 is 0 Å². The van der Waals surface area contributed by atoms with Crippen molar-refractivity contribution in [2.24, 2.45) is 0 Å². The summed E-state index contributed by atoms with van der Waals surface area (Å²) in [5.41, 5.74) is 4.49. The van der Waals surface area contributed by atoms with Crippen LogP contribution in [0.3, 0.4) is 0 Å². The van der Waals surface area contributed by atoms with Crippen molar-refractivity contribution in [2.45, 2.75) is 30.8 Å². The van der Waals surface area contributed by atoms with Crippen LogP contribution < -0.4 is 10.3 Å². The van der Waals surface area contributed by atoms with Crippen LogP contribution in [-0.4, -0.2) is 31.3 Å². The molecule has 0 aliphatic carbocycles. The third-order valence-electron chi connectivity index (χ3n) is 5.82. The van der Waals surface area contributed by atoms with Crippen molar-refractivity contribution in [3.05, 3.63) is 106 Å². The fourth-order valence-electron chi connectivity index (χ4n) is 3.96. The van der Waals surface area contributed by atoms with E-state index in [2.05, 4.69) is 26.9 Å². The van der Waals surface area contributed by atoms with Crippen molar-refractivity contribution in [1.29, 1.82) is 0 Å². The van der Waals surface area contributed by atoms with E-state index in [-0.39, 0.29) is 5.56 Å². The number of rotatable bonds is 8. The van der Waals surface area contributed by atoms with Gasteiger partial charge < -0.3 is 9.30 Å². The van der Waals surface area contributed by atoms with E-state index in [0.29, 0.717) is 11.4 Å². The summed E-state index contributed by atoms with van der Waals surface area (Å²) in [5.74, 6) is 2.11. The van der Waals surface area contributed by atoms with Gasteiger partial charge in [-0.3, -0.25) is 9.20 Å². The molecular weight excluding hydrogens is 458 g/mol. The number of fused-ring (bicyclic) bond motifs is 1. The van der Waals surface area contributed by atoms with Crippen LogP contribution >= 0.6 is 11.8 Å². The number of hydrogen-bond acceptors (Lipinski definition) is 6. The first-order valence-corrected chi connectivity index (χ1v) is 12.3. The monoisotopic (exact) mass is 483 g/mol. The SMILES string of the molecule is COc1ccc(-c2nnc(SCc3cc(=O)n4cccc(C)c4n3)n2CCc2ccccc2)cc1. The lowest BCUT2D eigenvalue weighted by Gasteiger charge is -2.11. The summed E-state index contributed by atoms with van der Waals surface area (Å²) in [6, 6.07) is 23.6. The summed E-state index contributed by atoms with van der Waals surface area (Å²) in [6.07, 6.45) is 2.60. The molecule has 0 aliphatic rings. The molecule has 7 nitrogen and oxygen atoms in total. The second kappa shape index (κ2) is 10.1. The molecule has 3 aromatic heterocycles. The van der Waals surface area contributed by atoms with Gasteiger partial charge >= 0.3 is 0 Å². The highest BCUT2D eigenvalue weighted by molar-refractivity contribution is 7.98. The first kappa shape index (κ1) is 22.9. The highest BCUT2D eigenvalue weighted by Gasteiger charge is 2.16. The topological polar surface area (TPSA) is 74.3 Å². The summed E-state index contributed by atoms with van der Waals surface area (Å²) in [5, 5.41) is 9.80. The van der Waals surface area contributed by atoms with Gasteiger partial charge in [-0.15, -0.1) is 10.2 Å². The molecule has 5 rings (SSSR count). The average molecular weight is 484 g/mol. The third kappa shape index (κ3) is 4.97. The molecule has 0 amide bonds. The van der Waals surface area contributed by atoms with Gasteiger partial charge in [0.1, 0.15) is 11.4 Å². The van der Waals surface area contributed by atoms with E-state index in [1.165, 1.54) is 17.3 Å². The number of methoxy groups -OCH3 is 1. The molecule has 0 radical (unpaired) electrons. The molecule has 0 fully saturated rings. The lowest BCUT2D eigenvalue weighted by Crippen LogP contribution is -2.15. The van der Waals surface area contributed by atoms with E-state index in [9.17, 15) is 4.79 Å². The Morgan fingerprint density at radius 1 is 0.971 bits per heavy atom. The number of aryl methyl sites for hydroxylation is 2. The standard InChI is InChI=1S/C27H25N5O2S/c1-19-7-6-15-31-24(33)17-22(28-25(19)31)18-35-27-30-29-26(21-10-12-23(34-2)13-11-21)32(27)16-14-20-8-4-3-5-9-20/h3-13,15,17H,14,16,18H2,1-2H3. The van der Waals surface area contributed by atoms with E-state index in [1.807, 2.05) is 61.5 Å². The predicted molar refractivity (Wildman–Crippen MR) is 138 cm³/mol. The molecule has 0 atom stereocenters. The van der Waals surface area contributed by atoms with Crippen LogP contribution in [0.2, 0.25) is 0 Å². The van der Waals surface area contributed by atoms with Gasteiger partial charge in [0, 0.05) is 30.1 Å². The minimum atomic E-state index is -0.0845. The molecule has 0 saturated carbocycles. The van der Waals surface area contributed by atoms with Gasteiger partial charge in [-0.2, -0.15) is 0 Å². The van der Waals surface area contributed by atoms with E-state index in [4.69, 9.17) is 9.72 Å². The quantitative estimate of drug-likeness (QED) is 0.295. The Kier molecular flexibility index (Phi) is 6.63. The van der Waals surface area contributed by atoms with Crippen LogP contribution in [0.5, 0.6) is 5.75 Å². The van der Waals surface area contributed by atoms with Crippen LogP contribution in [0.15, 0.2) is 88.9 Å². The first-order chi connectivity index (χ1) is 17.1. The molecule has 0 bridgehead atoms. The molecule has 35 heavy (non-hydrogen) atoms. The molecule has 8 heteroatoms. The van der Waals surface area contributed by atoms with Crippen molar-refractivity contribution >= 4 is 17.4 Å². The maximum Gasteiger partial charge on any atom is 0.258 e. The number of benzene rings is 2. The van der Waals surface area contributed by atoms with Crippen LogP contribution in [0, 0.1) is 6.92 Å². The van der Waals surface area contributed by atoms with Crippen molar-refractivity contribution < 1.29 is 4.74 Å². The molecule has 3 heterocycles. The fourth-order valence-corrected chi connectivity index (χ4v) is 4.81. The average Bonchev–Trinajstić information content (AvgIpc) is 3.30. The van der Waals surface area contributed by atoms with Crippen LogP contribution in [0.25, 0.3) is 17.0 Å². The predicted octanol–water partition coefficient (Wildman–Crippen LogP) is 4.81. The second-order valence-corrected chi connectivity index (χ2v) is 9.12. The summed E-state index contributed by atoms with van der Waals surface area (Å²) in [6.45, 7) is 2.69. The number of pyridine rings is 1. The summed E-state index contributed by atoms with van der Waals surface area (Å²) >= 11 is 1.54. The van der Waals surface area contributed by atoms with Crippen LogP contribution in [0.4, 0.5) is 0 Å². The molecule has 2 aromatic carbocycles. The van der Waals surface area contributed by atoms with Gasteiger partial charge in [0.15, 0.2) is 11.0 Å². The minimum Gasteiger partial charge on any atom is -0.497 e. The second-order valence-electron chi connectivity index (χ2n) is 8.18. The minimum absolute atomic E-state index is 0.0845. The van der Waals surface area contributed by atoms with Crippen LogP contribution in [0.1, 0.15) is 16.8 Å². The van der Waals surface area contributed by atoms with E-state index in [1.54, 1.807) is 23.8 Å². The van der Waals surface area contributed by atoms with Gasteiger partial charge in [-0.1, -0.05) is 48.2 Å². The Labute approximate surface area is 207 Å². The molecule has 176 valence electrons. The number of aromatic nitrogens is 5. The van der Waals surface area contributed by atoms with Gasteiger partial charge in [0.2, 0.25) is 0 Å². The molecule has 5 aromatic rings. The Balaban J connectivity index is 1.44. The molecule has 0 unspecified atom stereocenters. The van der Waals surface area contributed by atoms with Crippen LogP contribution in [-0.2, 0) is 18.7 Å². The highest BCUT2D eigenvalue weighted by Crippen LogP contribution is 2.27. The zero-order chi connectivity index (χ0) is 24.2. The fraction of sp³-hybridized carbons (Fsp3) is 0.185. The molecular formula is C27H25N5O2S. The lowest BCUT2D eigenvalue weighted by atomic mass is 10.1. The first-order valence-electron chi connectivity index (χ1n) is 11.3. The lowest BCUT2D eigenvalue weighted by molar-refractivity contribution is 0.415. The van der Waals surface area contributed by atoms with Crippen molar-refractivity contribution in [3.8, 4) is 17.1 Å². The van der Waals surface area contributed by atoms with Crippen molar-refractivity contribution in [2.75, 3.05) is 7.11 Å². The van der Waals surface area contributed by atoms with Gasteiger partial charge in [-0.25, -0.2) is 4.98 Å². The highest BCUT2D eigenvalue weighted by atomic mass is 32.2. The number of thioether (sulfide) groups is 1. The van der Waals surface area contributed by atoms with E-state index in [0.717, 1.165) is 46.5 Å². The van der Waals surface area contributed by atoms with Gasteiger partial charge in [0.05, 0.1) is 12.8 Å². The Bertz CT molecular complexity index is 1510. The largest absolute Gasteiger partial charge is 0.497 e. The van der Waals surface area contributed by atoms with Gasteiger partial charge in [0.25, 0.3) is 5.56 Å². The summed E-state index contributed by atoms with van der Waals surface area (Å²) in [4.78, 5) is 17.3. The molecule has 0 saturated heterocycles. The zero-order valence-electron chi connectivity index (χ0n) is 19.6. The Hall–Kier alpha value is -3.91. The zero-order valence-corrected chi connectivity index (χ0v) is 20.4. The number of ether oxygens (including phenoxy) is 1. The summed E-state index contributed by atoms with van der Waals surface area (Å²) in [7, 11) is 1.65. The summed E-state index contributed by atoms with van der Waals surface area (Å²) < 4.78 is 9.02. The Morgan fingerprint density at radius 3 is 2.54 bits per heavy atom. The molecule has 0 aliphatic heterocycles. The molecule has 0 N–H and O–H groups in total. The van der Waals surface area contributed by atoms with Crippen molar-refractivity contribution in [3.63, 3.8) is 0 Å². The third-order valence-corrected chi connectivity index (χ3v) is 6.82. The van der Waals surface area contributed by atoms with Crippen molar-refractivity contribution in [1.82, 2.24) is 24.1 Å². The smallest absolute Gasteiger partial charge is 0.258 e. The maximum absolute atomic E-state index is 12.6. The number of nitrogens with zero attached hydrogens (tertiary/aromatic N) is 5. The maximum atomic E-state index is 12.6. The molecule has 0 spiro atoms. The number of hydrogen-bond donors (Lipinski definition) is 0.